The van der Waals surface area contributed by atoms with Crippen molar-refractivity contribution in [3.05, 3.63) is 23.5 Å². The van der Waals surface area contributed by atoms with Gasteiger partial charge in [0, 0.05) is 12.0 Å². The van der Waals surface area contributed by atoms with Gasteiger partial charge in [0.15, 0.2) is 17.3 Å². The Bertz CT molecular complexity index is 594. The normalized spacial score (nSPS) is 13.6. The van der Waals surface area contributed by atoms with E-state index in [4.69, 9.17) is 15.2 Å². The fraction of sp³-hybridized carbons (Fsp3) is 0.385. The molecule has 0 amide bonds. The van der Waals surface area contributed by atoms with E-state index in [-0.39, 0.29) is 0 Å². The summed E-state index contributed by atoms with van der Waals surface area (Å²) in [6.07, 6.45) is 0.691. The molecule has 0 fully saturated rings. The van der Waals surface area contributed by atoms with Crippen molar-refractivity contribution < 1.29 is 9.47 Å². The molecule has 100 valence electrons. The number of rotatable bonds is 3. The summed E-state index contributed by atoms with van der Waals surface area (Å²) < 4.78 is 11.1. The first kappa shape index (κ1) is 12.0. The van der Waals surface area contributed by atoms with E-state index < -0.39 is 0 Å². The zero-order chi connectivity index (χ0) is 13.2. The quantitative estimate of drug-likeness (QED) is 0.861. The number of aromatic nitrogens is 3. The van der Waals surface area contributed by atoms with Gasteiger partial charge in [-0.05, 0) is 31.2 Å². The fourth-order valence-corrected chi connectivity index (χ4v) is 2.10. The van der Waals surface area contributed by atoms with Crippen LogP contribution in [0.1, 0.15) is 11.4 Å². The smallest absolute Gasteiger partial charge is 0.181 e. The molecule has 1 aliphatic heterocycles. The molecule has 0 spiro atoms. The van der Waals surface area contributed by atoms with Gasteiger partial charge in [-0.3, -0.25) is 5.10 Å². The lowest BCUT2D eigenvalue weighted by molar-refractivity contribution is 0.171. The Hall–Kier alpha value is -2.08. The molecule has 2 heterocycles. The van der Waals surface area contributed by atoms with Gasteiger partial charge in [0.25, 0.3) is 0 Å². The topological polar surface area (TPSA) is 86.1 Å². The zero-order valence-electron chi connectivity index (χ0n) is 10.8. The predicted octanol–water partition coefficient (Wildman–Crippen LogP) is 1.05. The van der Waals surface area contributed by atoms with Gasteiger partial charge in [-0.2, -0.15) is 5.10 Å². The van der Waals surface area contributed by atoms with Crippen LogP contribution in [0.25, 0.3) is 11.4 Å². The van der Waals surface area contributed by atoms with Crippen molar-refractivity contribution in [2.75, 3.05) is 19.8 Å². The summed E-state index contributed by atoms with van der Waals surface area (Å²) in [4.78, 5) is 4.44. The molecule has 0 atom stereocenters. The molecule has 1 aliphatic rings. The third-order valence-electron chi connectivity index (χ3n) is 3.04. The van der Waals surface area contributed by atoms with Crippen LogP contribution in [0.4, 0.5) is 0 Å². The van der Waals surface area contributed by atoms with Gasteiger partial charge in [0.2, 0.25) is 0 Å². The monoisotopic (exact) mass is 260 g/mol. The number of nitrogens with two attached hydrogens (primary N) is 1. The molecule has 6 nitrogen and oxygen atoms in total. The van der Waals surface area contributed by atoms with Crippen LogP contribution in [-0.2, 0) is 6.42 Å². The van der Waals surface area contributed by atoms with E-state index in [1.54, 1.807) is 0 Å². The van der Waals surface area contributed by atoms with E-state index in [0.717, 1.165) is 28.5 Å². The number of hydrogen-bond donors (Lipinski definition) is 2. The van der Waals surface area contributed by atoms with Gasteiger partial charge >= 0.3 is 0 Å². The maximum atomic E-state index is 5.58. The third-order valence-corrected chi connectivity index (χ3v) is 3.04. The molecule has 19 heavy (non-hydrogen) atoms. The molecule has 6 heteroatoms. The zero-order valence-corrected chi connectivity index (χ0v) is 10.8. The lowest BCUT2D eigenvalue weighted by atomic mass is 10.1. The first-order chi connectivity index (χ1) is 9.28. The molecule has 1 aromatic carbocycles. The summed E-state index contributed by atoms with van der Waals surface area (Å²) in [5.74, 6) is 2.99. The Labute approximate surface area is 110 Å². The Morgan fingerprint density at radius 2 is 2.00 bits per heavy atom. The molecular formula is C13H16N4O2. The van der Waals surface area contributed by atoms with E-state index in [0.29, 0.717) is 32.0 Å². The number of ether oxygens (including phenoxy) is 2. The molecule has 3 N–H and O–H groups in total. The minimum atomic E-state index is 0.550. The molecule has 0 saturated carbocycles. The van der Waals surface area contributed by atoms with Crippen LogP contribution in [0.3, 0.4) is 0 Å². The van der Waals surface area contributed by atoms with Crippen molar-refractivity contribution in [3.8, 4) is 22.9 Å². The number of nitrogens with one attached hydrogen (secondary N) is 1. The standard InChI is InChI=1S/C13H16N4O2/c1-8-6-10-11(19-5-4-18-10)7-9(8)13-15-12(2-3-14)16-17-13/h6-7H,2-5,14H2,1H3,(H,15,16,17). The van der Waals surface area contributed by atoms with Crippen molar-refractivity contribution in [3.63, 3.8) is 0 Å². The molecule has 0 aliphatic carbocycles. The molecule has 2 aromatic rings. The summed E-state index contributed by atoms with van der Waals surface area (Å²) in [6, 6.07) is 3.89. The fourth-order valence-electron chi connectivity index (χ4n) is 2.10. The molecule has 0 radical (unpaired) electrons. The highest BCUT2D eigenvalue weighted by molar-refractivity contribution is 5.65. The minimum absolute atomic E-state index is 0.550. The van der Waals surface area contributed by atoms with E-state index in [9.17, 15) is 0 Å². The first-order valence-electron chi connectivity index (χ1n) is 6.30. The number of aryl methyl sites for hydroxylation is 1. The first-order valence-corrected chi connectivity index (χ1v) is 6.30. The Kier molecular flexibility index (Phi) is 3.08. The molecule has 0 bridgehead atoms. The van der Waals surface area contributed by atoms with Crippen LogP contribution in [0, 0.1) is 6.92 Å². The molecule has 3 rings (SSSR count). The second-order valence-corrected chi connectivity index (χ2v) is 4.46. The SMILES string of the molecule is Cc1cc2c(cc1-c1n[nH]c(CCN)n1)OCCO2. The van der Waals surface area contributed by atoms with E-state index in [2.05, 4.69) is 15.2 Å². The molecule has 0 unspecified atom stereocenters. The average molecular weight is 260 g/mol. The summed E-state index contributed by atoms with van der Waals surface area (Å²) in [5, 5.41) is 7.13. The van der Waals surface area contributed by atoms with Crippen LogP contribution in [0.15, 0.2) is 12.1 Å². The summed E-state index contributed by atoms with van der Waals surface area (Å²) in [6.45, 7) is 3.72. The molecule has 0 saturated heterocycles. The second kappa shape index (κ2) is 4.89. The van der Waals surface area contributed by atoms with Gasteiger partial charge in [0.1, 0.15) is 19.0 Å². The van der Waals surface area contributed by atoms with Crippen LogP contribution in [0.5, 0.6) is 11.5 Å². The Balaban J connectivity index is 1.99. The van der Waals surface area contributed by atoms with Gasteiger partial charge in [0.05, 0.1) is 0 Å². The highest BCUT2D eigenvalue weighted by atomic mass is 16.6. The summed E-state index contributed by atoms with van der Waals surface area (Å²) >= 11 is 0. The van der Waals surface area contributed by atoms with Crippen molar-refractivity contribution in [1.82, 2.24) is 15.2 Å². The van der Waals surface area contributed by atoms with Crippen molar-refractivity contribution in [2.45, 2.75) is 13.3 Å². The predicted molar refractivity (Wildman–Crippen MR) is 70.3 cm³/mol. The maximum absolute atomic E-state index is 5.58. The highest BCUT2D eigenvalue weighted by Gasteiger charge is 2.17. The number of hydrogen-bond acceptors (Lipinski definition) is 5. The van der Waals surface area contributed by atoms with Crippen LogP contribution < -0.4 is 15.2 Å². The van der Waals surface area contributed by atoms with Gasteiger partial charge in [-0.25, -0.2) is 4.98 Å². The van der Waals surface area contributed by atoms with Crippen LogP contribution in [0.2, 0.25) is 0 Å². The lowest BCUT2D eigenvalue weighted by Gasteiger charge is -2.19. The number of benzene rings is 1. The van der Waals surface area contributed by atoms with Crippen LogP contribution in [-0.4, -0.2) is 34.9 Å². The highest BCUT2D eigenvalue weighted by Crippen LogP contribution is 2.36. The Morgan fingerprint density at radius 3 is 2.74 bits per heavy atom. The Morgan fingerprint density at radius 1 is 1.26 bits per heavy atom. The number of H-pyrrole nitrogens is 1. The molecular weight excluding hydrogens is 244 g/mol. The number of fused-ring (bicyclic) bond motifs is 1. The summed E-state index contributed by atoms with van der Waals surface area (Å²) in [7, 11) is 0. The van der Waals surface area contributed by atoms with Crippen molar-refractivity contribution >= 4 is 0 Å². The van der Waals surface area contributed by atoms with Gasteiger partial charge in [-0.1, -0.05) is 0 Å². The maximum Gasteiger partial charge on any atom is 0.181 e. The third kappa shape index (κ3) is 2.26. The van der Waals surface area contributed by atoms with Crippen molar-refractivity contribution in [2.24, 2.45) is 5.73 Å². The van der Waals surface area contributed by atoms with E-state index in [1.165, 1.54) is 0 Å². The van der Waals surface area contributed by atoms with Gasteiger partial charge < -0.3 is 15.2 Å². The minimum Gasteiger partial charge on any atom is -0.486 e. The molecule has 1 aromatic heterocycles. The number of nitrogens with zero attached hydrogens (tertiary/aromatic N) is 2. The number of aromatic amines is 1. The average Bonchev–Trinajstić information content (AvgIpc) is 2.87. The second-order valence-electron chi connectivity index (χ2n) is 4.46. The van der Waals surface area contributed by atoms with E-state index in [1.807, 2.05) is 19.1 Å². The van der Waals surface area contributed by atoms with Gasteiger partial charge in [-0.15, -0.1) is 0 Å². The van der Waals surface area contributed by atoms with Crippen molar-refractivity contribution in [1.29, 1.82) is 0 Å². The summed E-state index contributed by atoms with van der Waals surface area (Å²) in [5.41, 5.74) is 7.51. The van der Waals surface area contributed by atoms with E-state index >= 15 is 0 Å². The largest absolute Gasteiger partial charge is 0.486 e. The lowest BCUT2D eigenvalue weighted by Crippen LogP contribution is -2.15. The van der Waals surface area contributed by atoms with Crippen LogP contribution >= 0.6 is 0 Å².